The van der Waals surface area contributed by atoms with Crippen LogP contribution in [0.25, 0.3) is 6.08 Å². The summed E-state index contributed by atoms with van der Waals surface area (Å²) in [5.41, 5.74) is 1.59. The Kier molecular flexibility index (Phi) is 4.25. The van der Waals surface area contributed by atoms with E-state index in [2.05, 4.69) is 4.99 Å². The van der Waals surface area contributed by atoms with Gasteiger partial charge in [0.25, 0.3) is 5.91 Å². The number of aryl methyl sites for hydroxylation is 1. The van der Waals surface area contributed by atoms with Gasteiger partial charge in [0.05, 0.1) is 10.6 Å². The van der Waals surface area contributed by atoms with Crippen LogP contribution in [0.4, 0.5) is 5.69 Å². The molecule has 6 heteroatoms. The number of phenolic OH excluding ortho intramolecular Hbond substituents is 1. The average molecular weight is 327 g/mol. The van der Waals surface area contributed by atoms with E-state index < -0.39 is 0 Å². The van der Waals surface area contributed by atoms with Crippen molar-refractivity contribution in [1.29, 1.82) is 0 Å². The van der Waals surface area contributed by atoms with Gasteiger partial charge in [-0.2, -0.15) is 0 Å². The molecule has 1 aliphatic rings. The lowest BCUT2D eigenvalue weighted by atomic mass is 10.3. The molecule has 23 heavy (non-hydrogen) atoms. The third-order valence-electron chi connectivity index (χ3n) is 3.52. The molecule has 0 atom stereocenters. The molecule has 0 aliphatic carbocycles. The number of benzene rings is 1. The van der Waals surface area contributed by atoms with Crippen LogP contribution in [-0.2, 0) is 11.8 Å². The first-order valence-corrected chi connectivity index (χ1v) is 8.10. The Morgan fingerprint density at radius 1 is 1.30 bits per heavy atom. The molecule has 0 saturated carbocycles. The van der Waals surface area contributed by atoms with E-state index in [1.54, 1.807) is 29.2 Å². The summed E-state index contributed by atoms with van der Waals surface area (Å²) in [6.07, 6.45) is 3.82. The van der Waals surface area contributed by atoms with Crippen LogP contribution in [0.3, 0.4) is 0 Å². The Bertz CT molecular complexity index is 808. The lowest BCUT2D eigenvalue weighted by molar-refractivity contribution is -0.122. The monoisotopic (exact) mass is 327 g/mol. The highest BCUT2D eigenvalue weighted by atomic mass is 32.2. The van der Waals surface area contributed by atoms with Gasteiger partial charge in [0.2, 0.25) is 0 Å². The summed E-state index contributed by atoms with van der Waals surface area (Å²) in [4.78, 5) is 19.3. The van der Waals surface area contributed by atoms with E-state index >= 15 is 0 Å². The number of phenols is 1. The van der Waals surface area contributed by atoms with Crippen LogP contribution in [0.15, 0.2) is 52.5 Å². The maximum absolute atomic E-state index is 12.5. The van der Waals surface area contributed by atoms with Crippen LogP contribution < -0.4 is 0 Å². The Hall–Kier alpha value is -2.47. The van der Waals surface area contributed by atoms with Crippen molar-refractivity contribution in [1.82, 2.24) is 9.47 Å². The van der Waals surface area contributed by atoms with Crippen LogP contribution in [0, 0.1) is 0 Å². The topological polar surface area (TPSA) is 57.8 Å². The van der Waals surface area contributed by atoms with Gasteiger partial charge >= 0.3 is 0 Å². The van der Waals surface area contributed by atoms with Gasteiger partial charge in [0.1, 0.15) is 5.75 Å². The minimum absolute atomic E-state index is 0.0439. The molecule has 1 aromatic carbocycles. The van der Waals surface area contributed by atoms with Crippen molar-refractivity contribution >= 4 is 34.6 Å². The number of likely N-dealkylation sites (N-methyl/N-ethyl adjacent to an activating group) is 1. The van der Waals surface area contributed by atoms with Crippen LogP contribution in [-0.4, -0.2) is 32.2 Å². The maximum Gasteiger partial charge on any atom is 0.266 e. The number of hydrogen-bond acceptors (Lipinski definition) is 4. The van der Waals surface area contributed by atoms with E-state index in [1.165, 1.54) is 11.8 Å². The molecule has 1 aromatic heterocycles. The second kappa shape index (κ2) is 6.34. The third-order valence-corrected chi connectivity index (χ3v) is 4.53. The molecule has 3 rings (SSSR count). The normalized spacial score (nSPS) is 18.3. The molecule has 2 aromatic rings. The number of aromatic nitrogens is 1. The van der Waals surface area contributed by atoms with Crippen molar-refractivity contribution in [2.75, 3.05) is 6.54 Å². The SMILES string of the molecule is CCN1C(=O)/C(=C/c2cccn2C)SC1=Nc1cccc(O)c1. The van der Waals surface area contributed by atoms with Gasteiger partial charge in [-0.3, -0.25) is 9.69 Å². The third kappa shape index (κ3) is 3.17. The Morgan fingerprint density at radius 3 is 2.78 bits per heavy atom. The highest BCUT2D eigenvalue weighted by molar-refractivity contribution is 8.18. The molecule has 0 radical (unpaired) electrons. The van der Waals surface area contributed by atoms with Crippen molar-refractivity contribution in [3.63, 3.8) is 0 Å². The molecule has 0 unspecified atom stereocenters. The number of aliphatic imine (C=N–C) groups is 1. The van der Waals surface area contributed by atoms with Gasteiger partial charge in [-0.05, 0) is 49.0 Å². The number of hydrogen-bond donors (Lipinski definition) is 1. The number of amidine groups is 1. The van der Waals surface area contributed by atoms with E-state index in [9.17, 15) is 9.90 Å². The molecule has 5 nitrogen and oxygen atoms in total. The molecule has 1 N–H and O–H groups in total. The van der Waals surface area contributed by atoms with E-state index in [0.29, 0.717) is 22.3 Å². The van der Waals surface area contributed by atoms with E-state index in [1.807, 2.05) is 42.9 Å². The lowest BCUT2D eigenvalue weighted by Crippen LogP contribution is -2.28. The fraction of sp³-hybridized carbons (Fsp3) is 0.176. The van der Waals surface area contributed by atoms with Crippen LogP contribution in [0.5, 0.6) is 5.75 Å². The van der Waals surface area contributed by atoms with Gasteiger partial charge in [-0.1, -0.05) is 6.07 Å². The Morgan fingerprint density at radius 2 is 2.13 bits per heavy atom. The fourth-order valence-electron chi connectivity index (χ4n) is 2.30. The zero-order valence-corrected chi connectivity index (χ0v) is 13.7. The summed E-state index contributed by atoms with van der Waals surface area (Å²) in [5.74, 6) is 0.112. The highest BCUT2D eigenvalue weighted by Gasteiger charge is 2.32. The molecule has 118 valence electrons. The van der Waals surface area contributed by atoms with Crippen molar-refractivity contribution in [2.45, 2.75) is 6.92 Å². The summed E-state index contributed by atoms with van der Waals surface area (Å²) < 4.78 is 1.96. The van der Waals surface area contributed by atoms with Crippen LogP contribution in [0.2, 0.25) is 0 Å². The zero-order valence-electron chi connectivity index (χ0n) is 12.9. The second-order valence-electron chi connectivity index (χ2n) is 5.12. The first kappa shape index (κ1) is 15.4. The fourth-order valence-corrected chi connectivity index (χ4v) is 3.35. The van der Waals surface area contributed by atoms with Crippen molar-refractivity contribution in [2.24, 2.45) is 12.0 Å². The second-order valence-corrected chi connectivity index (χ2v) is 6.13. The Labute approximate surface area is 139 Å². The van der Waals surface area contributed by atoms with E-state index in [-0.39, 0.29) is 11.7 Å². The number of aromatic hydroxyl groups is 1. The average Bonchev–Trinajstić information content (AvgIpc) is 3.04. The van der Waals surface area contributed by atoms with Crippen molar-refractivity contribution in [3.05, 3.63) is 53.2 Å². The predicted octanol–water partition coefficient (Wildman–Crippen LogP) is 3.35. The van der Waals surface area contributed by atoms with Crippen LogP contribution >= 0.6 is 11.8 Å². The number of nitrogens with zero attached hydrogens (tertiary/aromatic N) is 3. The molecule has 0 spiro atoms. The summed E-state index contributed by atoms with van der Waals surface area (Å²) in [6, 6.07) is 10.6. The number of rotatable bonds is 3. The number of thioether (sulfide) groups is 1. The van der Waals surface area contributed by atoms with Gasteiger partial charge in [0.15, 0.2) is 5.17 Å². The molecule has 2 heterocycles. The minimum Gasteiger partial charge on any atom is -0.508 e. The van der Waals surface area contributed by atoms with E-state index in [4.69, 9.17) is 0 Å². The first-order chi connectivity index (χ1) is 11.1. The van der Waals surface area contributed by atoms with Crippen molar-refractivity contribution < 1.29 is 9.90 Å². The number of carbonyl (C=O) groups excluding carboxylic acids is 1. The molecule has 0 bridgehead atoms. The molecule has 1 amide bonds. The molecular formula is C17H17N3O2S. The van der Waals surface area contributed by atoms with Crippen LogP contribution in [0.1, 0.15) is 12.6 Å². The largest absolute Gasteiger partial charge is 0.508 e. The summed E-state index contributed by atoms with van der Waals surface area (Å²) in [6.45, 7) is 2.47. The molecule has 1 fully saturated rings. The van der Waals surface area contributed by atoms with Gasteiger partial charge in [-0.15, -0.1) is 0 Å². The quantitative estimate of drug-likeness (QED) is 0.880. The van der Waals surface area contributed by atoms with Gasteiger partial charge in [0, 0.05) is 31.5 Å². The summed E-state index contributed by atoms with van der Waals surface area (Å²) in [5, 5.41) is 10.2. The zero-order chi connectivity index (χ0) is 16.4. The van der Waals surface area contributed by atoms with Crippen molar-refractivity contribution in [3.8, 4) is 5.75 Å². The maximum atomic E-state index is 12.5. The first-order valence-electron chi connectivity index (χ1n) is 7.29. The van der Waals surface area contributed by atoms with Gasteiger partial charge < -0.3 is 9.67 Å². The van der Waals surface area contributed by atoms with E-state index in [0.717, 1.165) is 5.69 Å². The van der Waals surface area contributed by atoms with Gasteiger partial charge in [-0.25, -0.2) is 4.99 Å². The lowest BCUT2D eigenvalue weighted by Gasteiger charge is -2.12. The molecule has 1 aliphatic heterocycles. The predicted molar refractivity (Wildman–Crippen MR) is 93.6 cm³/mol. The summed E-state index contributed by atoms with van der Waals surface area (Å²) >= 11 is 1.35. The minimum atomic E-state index is -0.0439. The smallest absolute Gasteiger partial charge is 0.266 e. The Balaban J connectivity index is 1.95. The standard InChI is InChI=1S/C17H17N3O2S/c1-3-20-16(22)15(11-13-7-5-9-19(13)2)23-17(20)18-12-6-4-8-14(21)10-12/h4-11,21H,3H2,1-2H3/b15-11-,18-17?. The molecule has 1 saturated heterocycles. The highest BCUT2D eigenvalue weighted by Crippen LogP contribution is 2.34. The molecular weight excluding hydrogens is 310 g/mol. The summed E-state index contributed by atoms with van der Waals surface area (Å²) in [7, 11) is 1.94. The number of carbonyl (C=O) groups is 1. The number of amides is 1.